The van der Waals surface area contributed by atoms with Crippen LogP contribution in [0.3, 0.4) is 0 Å². The SMILES string of the molecule is C=C(C=CC(F)=C(C)F)c1cc(C=CC(=O)c2ccc(OC)c(O)c2)[nH]n1. The van der Waals surface area contributed by atoms with Crippen molar-refractivity contribution < 1.29 is 23.4 Å². The van der Waals surface area contributed by atoms with Crippen LogP contribution in [0.5, 0.6) is 11.5 Å². The first-order chi connectivity index (χ1) is 12.8. The summed E-state index contributed by atoms with van der Waals surface area (Å²) in [4.78, 5) is 12.2. The summed E-state index contributed by atoms with van der Waals surface area (Å²) in [6.07, 6.45) is 5.07. The van der Waals surface area contributed by atoms with E-state index in [-0.39, 0.29) is 17.3 Å². The first-order valence-corrected chi connectivity index (χ1v) is 7.86. The number of methoxy groups -OCH3 is 1. The van der Waals surface area contributed by atoms with Crippen molar-refractivity contribution in [2.45, 2.75) is 6.92 Å². The minimum absolute atomic E-state index is 0.131. The Bertz CT molecular complexity index is 952. The molecule has 0 aliphatic carbocycles. The molecule has 2 rings (SSSR count). The van der Waals surface area contributed by atoms with Crippen LogP contribution in [0.1, 0.15) is 28.7 Å². The molecule has 2 aromatic rings. The van der Waals surface area contributed by atoms with E-state index in [0.29, 0.717) is 22.5 Å². The number of ketones is 1. The van der Waals surface area contributed by atoms with Crippen molar-refractivity contribution in [3.8, 4) is 11.5 Å². The predicted octanol–water partition coefficient (Wildman–Crippen LogP) is 4.76. The molecule has 0 fully saturated rings. The third-order valence-electron chi connectivity index (χ3n) is 3.56. The monoisotopic (exact) mass is 372 g/mol. The quantitative estimate of drug-likeness (QED) is 0.417. The molecular weight excluding hydrogens is 354 g/mol. The fourth-order valence-electron chi connectivity index (χ4n) is 2.07. The van der Waals surface area contributed by atoms with Gasteiger partial charge >= 0.3 is 0 Å². The number of nitrogens with one attached hydrogen (secondary N) is 1. The number of aromatic amines is 1. The summed E-state index contributed by atoms with van der Waals surface area (Å²) in [5.41, 5.74) is 1.60. The Morgan fingerprint density at radius 3 is 2.63 bits per heavy atom. The standard InChI is InChI=1S/C20H18F2N2O3/c1-12(4-7-16(22)13(2)21)17-11-15(23-24-17)6-8-18(25)14-5-9-20(27-3)19(26)10-14/h4-11,26H,1H2,2-3H3,(H,23,24). The van der Waals surface area contributed by atoms with Crippen molar-refractivity contribution in [3.63, 3.8) is 0 Å². The molecule has 0 atom stereocenters. The van der Waals surface area contributed by atoms with Crippen molar-refractivity contribution in [3.05, 3.63) is 77.7 Å². The highest BCUT2D eigenvalue weighted by molar-refractivity contribution is 6.07. The molecule has 1 heterocycles. The molecule has 0 aliphatic heterocycles. The highest BCUT2D eigenvalue weighted by atomic mass is 19.2. The van der Waals surface area contributed by atoms with Gasteiger partial charge in [-0.2, -0.15) is 5.10 Å². The van der Waals surface area contributed by atoms with Crippen LogP contribution in [0.4, 0.5) is 8.78 Å². The molecule has 7 heteroatoms. The van der Waals surface area contributed by atoms with Crippen molar-refractivity contribution in [1.82, 2.24) is 10.2 Å². The molecule has 0 saturated heterocycles. The average Bonchev–Trinajstić information content (AvgIpc) is 3.12. The number of benzene rings is 1. The molecule has 2 N–H and O–H groups in total. The van der Waals surface area contributed by atoms with Crippen molar-refractivity contribution in [1.29, 1.82) is 0 Å². The number of H-pyrrole nitrogens is 1. The topological polar surface area (TPSA) is 75.2 Å². The van der Waals surface area contributed by atoms with Crippen LogP contribution in [0.2, 0.25) is 0 Å². The number of hydrogen-bond acceptors (Lipinski definition) is 4. The molecule has 5 nitrogen and oxygen atoms in total. The maximum absolute atomic E-state index is 13.1. The number of phenolic OH excluding ortho intramolecular Hbond substituents is 1. The zero-order valence-corrected chi connectivity index (χ0v) is 14.8. The number of halogens is 2. The maximum atomic E-state index is 13.1. The van der Waals surface area contributed by atoms with E-state index in [1.54, 1.807) is 6.07 Å². The number of carbonyl (C=O) groups excluding carboxylic acids is 1. The molecule has 0 spiro atoms. The van der Waals surface area contributed by atoms with Gasteiger partial charge < -0.3 is 9.84 Å². The smallest absolute Gasteiger partial charge is 0.186 e. The lowest BCUT2D eigenvalue weighted by molar-refractivity contribution is 0.104. The first kappa shape index (κ1) is 19.8. The molecule has 0 unspecified atom stereocenters. The molecule has 0 aliphatic rings. The van der Waals surface area contributed by atoms with E-state index in [9.17, 15) is 18.7 Å². The molecule has 0 saturated carbocycles. The van der Waals surface area contributed by atoms with Gasteiger partial charge in [-0.15, -0.1) is 0 Å². The lowest BCUT2D eigenvalue weighted by Crippen LogP contribution is -1.94. The van der Waals surface area contributed by atoms with Crippen LogP contribution in [0, 0.1) is 0 Å². The molecule has 0 amide bonds. The second-order valence-corrected chi connectivity index (χ2v) is 5.53. The number of carbonyl (C=O) groups is 1. The van der Waals surface area contributed by atoms with E-state index in [0.717, 1.165) is 13.0 Å². The Labute approximate surface area is 155 Å². The van der Waals surface area contributed by atoms with Crippen LogP contribution in [0.25, 0.3) is 11.6 Å². The zero-order valence-electron chi connectivity index (χ0n) is 14.8. The van der Waals surface area contributed by atoms with Gasteiger partial charge in [0.15, 0.2) is 23.1 Å². The van der Waals surface area contributed by atoms with E-state index in [1.807, 2.05) is 0 Å². The summed E-state index contributed by atoms with van der Waals surface area (Å²) in [5, 5.41) is 16.4. The summed E-state index contributed by atoms with van der Waals surface area (Å²) in [5.74, 6) is -2.09. The Kier molecular flexibility index (Phi) is 6.43. The minimum Gasteiger partial charge on any atom is -0.504 e. The van der Waals surface area contributed by atoms with Crippen molar-refractivity contribution >= 4 is 17.4 Å². The van der Waals surface area contributed by atoms with Gasteiger partial charge in [0.05, 0.1) is 18.5 Å². The van der Waals surface area contributed by atoms with Crippen LogP contribution in [-0.4, -0.2) is 28.2 Å². The number of nitrogens with zero attached hydrogens (tertiary/aromatic N) is 1. The Hall–Kier alpha value is -3.48. The molecule has 0 bridgehead atoms. The third-order valence-corrected chi connectivity index (χ3v) is 3.56. The van der Waals surface area contributed by atoms with Crippen LogP contribution < -0.4 is 4.74 Å². The van der Waals surface area contributed by atoms with Crippen LogP contribution >= 0.6 is 0 Å². The van der Waals surface area contributed by atoms with E-state index in [4.69, 9.17) is 4.74 Å². The maximum Gasteiger partial charge on any atom is 0.186 e. The Morgan fingerprint density at radius 1 is 1.26 bits per heavy atom. The lowest BCUT2D eigenvalue weighted by Gasteiger charge is -2.03. The Morgan fingerprint density at radius 2 is 2.00 bits per heavy atom. The van der Waals surface area contributed by atoms with Crippen molar-refractivity contribution in [2.24, 2.45) is 0 Å². The van der Waals surface area contributed by atoms with Crippen molar-refractivity contribution in [2.75, 3.05) is 7.11 Å². The highest BCUT2D eigenvalue weighted by Gasteiger charge is 2.08. The second-order valence-electron chi connectivity index (χ2n) is 5.53. The average molecular weight is 372 g/mol. The third kappa shape index (κ3) is 5.24. The van der Waals surface area contributed by atoms with Gasteiger partial charge in [0.2, 0.25) is 0 Å². The van der Waals surface area contributed by atoms with Crippen LogP contribution in [-0.2, 0) is 0 Å². The van der Waals surface area contributed by atoms with Gasteiger partial charge in [-0.05, 0) is 55.0 Å². The van der Waals surface area contributed by atoms with Gasteiger partial charge in [0, 0.05) is 5.56 Å². The van der Waals surface area contributed by atoms with Gasteiger partial charge in [-0.3, -0.25) is 9.89 Å². The Balaban J connectivity index is 2.08. The number of allylic oxidation sites excluding steroid dienone is 6. The predicted molar refractivity (Wildman–Crippen MR) is 99.7 cm³/mol. The van der Waals surface area contributed by atoms with Gasteiger partial charge in [0.25, 0.3) is 0 Å². The largest absolute Gasteiger partial charge is 0.504 e. The second kappa shape index (κ2) is 8.75. The normalized spacial score (nSPS) is 12.4. The lowest BCUT2D eigenvalue weighted by atomic mass is 10.1. The fourth-order valence-corrected chi connectivity index (χ4v) is 2.07. The summed E-state index contributed by atoms with van der Waals surface area (Å²) in [6, 6.07) is 5.94. The highest BCUT2D eigenvalue weighted by Crippen LogP contribution is 2.26. The molecule has 27 heavy (non-hydrogen) atoms. The van der Waals surface area contributed by atoms with E-state index >= 15 is 0 Å². The number of phenols is 1. The van der Waals surface area contributed by atoms with E-state index in [1.165, 1.54) is 43.5 Å². The zero-order chi connectivity index (χ0) is 20.0. The summed E-state index contributed by atoms with van der Waals surface area (Å²) >= 11 is 0. The number of aromatic nitrogens is 2. The van der Waals surface area contributed by atoms with E-state index < -0.39 is 11.7 Å². The molecule has 1 aromatic carbocycles. The van der Waals surface area contributed by atoms with Gasteiger partial charge in [0.1, 0.15) is 5.83 Å². The molecule has 0 radical (unpaired) electrons. The number of rotatable bonds is 7. The minimum atomic E-state index is -0.986. The van der Waals surface area contributed by atoms with Gasteiger partial charge in [-0.25, -0.2) is 8.78 Å². The molecular formula is C20H18F2N2O3. The van der Waals surface area contributed by atoms with Gasteiger partial charge in [-0.1, -0.05) is 12.7 Å². The number of ether oxygens (including phenoxy) is 1. The fraction of sp³-hybridized carbons (Fsp3) is 0.100. The summed E-state index contributed by atoms with van der Waals surface area (Å²) < 4.78 is 30.7. The molecule has 140 valence electrons. The first-order valence-electron chi connectivity index (χ1n) is 7.86. The van der Waals surface area contributed by atoms with E-state index in [2.05, 4.69) is 16.8 Å². The summed E-state index contributed by atoms with van der Waals surface area (Å²) in [7, 11) is 1.42. The number of aromatic hydroxyl groups is 1. The number of hydrogen-bond donors (Lipinski definition) is 2. The van der Waals surface area contributed by atoms with Crippen LogP contribution in [0.15, 0.2) is 60.7 Å². The summed E-state index contributed by atoms with van der Waals surface area (Å²) in [6.45, 7) is 4.74. The molecule has 1 aromatic heterocycles.